The smallest absolute Gasteiger partial charge is 0.247 e. The average molecular weight is 377 g/mol. The standard InChI is InChI=1S/C16H8ClF3N6/c17-11-6-9(5-10(7-11)15-12(8-21)24-26-25-15)1-2-14-22-4-3-13(23-14)16(18,19)20/h1-7H,(H,24,25,26)/b2-1+. The summed E-state index contributed by atoms with van der Waals surface area (Å²) in [6.45, 7) is 0. The molecular weight excluding hydrogens is 369 g/mol. The Hall–Kier alpha value is -3.25. The van der Waals surface area contributed by atoms with E-state index in [0.29, 0.717) is 21.8 Å². The Labute approximate surface area is 150 Å². The van der Waals surface area contributed by atoms with Gasteiger partial charge in [-0.25, -0.2) is 15.1 Å². The number of nitrogens with zero attached hydrogens (tertiary/aromatic N) is 5. The Balaban J connectivity index is 1.94. The van der Waals surface area contributed by atoms with Gasteiger partial charge in [-0.1, -0.05) is 22.9 Å². The number of nitrogens with one attached hydrogen (secondary N) is 1. The monoisotopic (exact) mass is 376 g/mol. The lowest BCUT2D eigenvalue weighted by Crippen LogP contribution is -2.08. The quantitative estimate of drug-likeness (QED) is 0.746. The number of alkyl halides is 3. The summed E-state index contributed by atoms with van der Waals surface area (Å²) < 4.78 is 38.1. The van der Waals surface area contributed by atoms with Gasteiger partial charge in [0.25, 0.3) is 0 Å². The van der Waals surface area contributed by atoms with Gasteiger partial charge < -0.3 is 0 Å². The van der Waals surface area contributed by atoms with Gasteiger partial charge in [0.1, 0.15) is 17.5 Å². The van der Waals surface area contributed by atoms with Crippen molar-refractivity contribution in [2.24, 2.45) is 0 Å². The van der Waals surface area contributed by atoms with Gasteiger partial charge in [-0.2, -0.15) is 18.4 Å². The number of aromatic amines is 1. The van der Waals surface area contributed by atoms with Crippen molar-refractivity contribution in [3.8, 4) is 17.3 Å². The number of hydrogen-bond donors (Lipinski definition) is 1. The van der Waals surface area contributed by atoms with Crippen LogP contribution in [-0.4, -0.2) is 25.4 Å². The molecule has 0 bridgehead atoms. The Morgan fingerprint density at radius 3 is 2.73 bits per heavy atom. The van der Waals surface area contributed by atoms with Crippen LogP contribution < -0.4 is 0 Å². The SMILES string of the molecule is N#Cc1[nH]nnc1-c1cc(Cl)cc(/C=C/c2nccc(C(F)(F)F)n2)c1. The van der Waals surface area contributed by atoms with Crippen molar-refractivity contribution >= 4 is 23.8 Å². The molecule has 1 aromatic carbocycles. The van der Waals surface area contributed by atoms with Gasteiger partial charge in [-0.05, 0) is 35.9 Å². The molecule has 0 radical (unpaired) electrons. The van der Waals surface area contributed by atoms with Crippen LogP contribution in [0.5, 0.6) is 0 Å². The van der Waals surface area contributed by atoms with Crippen LogP contribution in [0.25, 0.3) is 23.4 Å². The summed E-state index contributed by atoms with van der Waals surface area (Å²) in [6.07, 6.45) is -0.668. The van der Waals surface area contributed by atoms with E-state index in [1.54, 1.807) is 18.2 Å². The van der Waals surface area contributed by atoms with Crippen molar-refractivity contribution in [1.82, 2.24) is 25.4 Å². The highest BCUT2D eigenvalue weighted by Gasteiger charge is 2.32. The first-order valence-corrected chi connectivity index (χ1v) is 7.45. The lowest BCUT2D eigenvalue weighted by Gasteiger charge is -2.05. The fourth-order valence-electron chi connectivity index (χ4n) is 2.14. The molecule has 0 saturated carbocycles. The van der Waals surface area contributed by atoms with E-state index in [1.165, 1.54) is 12.2 Å². The summed E-state index contributed by atoms with van der Waals surface area (Å²) in [7, 11) is 0. The molecule has 130 valence electrons. The summed E-state index contributed by atoms with van der Waals surface area (Å²) in [4.78, 5) is 7.24. The Morgan fingerprint density at radius 1 is 1.19 bits per heavy atom. The number of nitriles is 1. The molecule has 2 aromatic heterocycles. The summed E-state index contributed by atoms with van der Waals surface area (Å²) in [5.41, 5.74) is 0.566. The zero-order valence-electron chi connectivity index (χ0n) is 12.8. The predicted octanol–water partition coefficient (Wildman–Crippen LogP) is 3.98. The van der Waals surface area contributed by atoms with E-state index in [0.717, 1.165) is 12.3 Å². The van der Waals surface area contributed by atoms with Crippen molar-refractivity contribution < 1.29 is 13.2 Å². The molecule has 0 amide bonds. The minimum absolute atomic E-state index is 0.0968. The van der Waals surface area contributed by atoms with Gasteiger partial charge in [0.15, 0.2) is 11.5 Å². The number of benzene rings is 1. The molecule has 1 N–H and O–H groups in total. The fourth-order valence-corrected chi connectivity index (χ4v) is 2.38. The van der Waals surface area contributed by atoms with Crippen molar-refractivity contribution in [2.45, 2.75) is 6.18 Å². The molecule has 0 atom stereocenters. The first-order chi connectivity index (χ1) is 12.4. The molecule has 0 fully saturated rings. The molecule has 0 spiro atoms. The molecule has 2 heterocycles. The second-order valence-electron chi connectivity index (χ2n) is 5.05. The number of hydrogen-bond acceptors (Lipinski definition) is 5. The van der Waals surface area contributed by atoms with E-state index in [4.69, 9.17) is 16.9 Å². The molecule has 0 unspecified atom stereocenters. The lowest BCUT2D eigenvalue weighted by molar-refractivity contribution is -0.141. The van der Waals surface area contributed by atoms with Crippen molar-refractivity contribution in [3.63, 3.8) is 0 Å². The number of halogens is 4. The summed E-state index contributed by atoms with van der Waals surface area (Å²) in [5, 5.41) is 19.3. The summed E-state index contributed by atoms with van der Waals surface area (Å²) in [6, 6.07) is 7.57. The van der Waals surface area contributed by atoms with E-state index in [1.807, 2.05) is 6.07 Å². The molecule has 10 heteroatoms. The highest BCUT2D eigenvalue weighted by atomic mass is 35.5. The third-order valence-electron chi connectivity index (χ3n) is 3.24. The molecule has 3 aromatic rings. The van der Waals surface area contributed by atoms with Crippen molar-refractivity contribution in [3.05, 3.63) is 58.3 Å². The molecule has 3 rings (SSSR count). The van der Waals surface area contributed by atoms with Crippen LogP contribution in [-0.2, 0) is 6.18 Å². The van der Waals surface area contributed by atoms with Crippen LogP contribution in [0.2, 0.25) is 5.02 Å². The van der Waals surface area contributed by atoms with Crippen LogP contribution in [0.15, 0.2) is 30.5 Å². The lowest BCUT2D eigenvalue weighted by atomic mass is 10.1. The maximum absolute atomic E-state index is 12.7. The summed E-state index contributed by atoms with van der Waals surface area (Å²) in [5.74, 6) is -0.0968. The topological polar surface area (TPSA) is 91.1 Å². The number of H-pyrrole nitrogens is 1. The maximum Gasteiger partial charge on any atom is 0.433 e. The van der Waals surface area contributed by atoms with Crippen LogP contribution in [0, 0.1) is 11.3 Å². The third kappa shape index (κ3) is 3.87. The molecule has 0 aliphatic rings. The van der Waals surface area contributed by atoms with Gasteiger partial charge in [-0.15, -0.1) is 5.10 Å². The van der Waals surface area contributed by atoms with Crippen molar-refractivity contribution in [1.29, 1.82) is 5.26 Å². The van der Waals surface area contributed by atoms with Gasteiger partial charge in [0, 0.05) is 16.8 Å². The number of rotatable bonds is 3. The summed E-state index contributed by atoms with van der Waals surface area (Å²) >= 11 is 6.07. The highest BCUT2D eigenvalue weighted by Crippen LogP contribution is 2.28. The molecule has 6 nitrogen and oxygen atoms in total. The molecule has 0 aliphatic heterocycles. The zero-order valence-corrected chi connectivity index (χ0v) is 13.5. The van der Waals surface area contributed by atoms with Gasteiger partial charge >= 0.3 is 6.18 Å². The Morgan fingerprint density at radius 2 is 2.00 bits per heavy atom. The van der Waals surface area contributed by atoms with Crippen LogP contribution in [0.3, 0.4) is 0 Å². The van der Waals surface area contributed by atoms with Gasteiger partial charge in [-0.3, -0.25) is 0 Å². The zero-order chi connectivity index (χ0) is 18.7. The Kier molecular flexibility index (Phi) is 4.69. The van der Waals surface area contributed by atoms with Crippen LogP contribution in [0.1, 0.15) is 22.8 Å². The van der Waals surface area contributed by atoms with E-state index in [-0.39, 0.29) is 11.5 Å². The minimum atomic E-state index is -4.55. The van der Waals surface area contributed by atoms with Crippen LogP contribution >= 0.6 is 11.6 Å². The van der Waals surface area contributed by atoms with Gasteiger partial charge in [0.2, 0.25) is 0 Å². The second-order valence-corrected chi connectivity index (χ2v) is 5.49. The first kappa shape index (κ1) is 17.6. The molecule has 26 heavy (non-hydrogen) atoms. The van der Waals surface area contributed by atoms with E-state index in [2.05, 4.69) is 25.4 Å². The second kappa shape index (κ2) is 6.93. The third-order valence-corrected chi connectivity index (χ3v) is 3.46. The largest absolute Gasteiger partial charge is 0.433 e. The van der Waals surface area contributed by atoms with E-state index in [9.17, 15) is 13.2 Å². The van der Waals surface area contributed by atoms with Crippen molar-refractivity contribution in [2.75, 3.05) is 0 Å². The first-order valence-electron chi connectivity index (χ1n) is 7.07. The molecular formula is C16H8ClF3N6. The molecule has 0 aliphatic carbocycles. The fraction of sp³-hybridized carbons (Fsp3) is 0.0625. The number of aromatic nitrogens is 5. The average Bonchev–Trinajstić information content (AvgIpc) is 3.08. The normalized spacial score (nSPS) is 11.7. The molecule has 0 saturated heterocycles. The van der Waals surface area contributed by atoms with E-state index < -0.39 is 11.9 Å². The minimum Gasteiger partial charge on any atom is -0.247 e. The predicted molar refractivity (Wildman–Crippen MR) is 87.5 cm³/mol. The highest BCUT2D eigenvalue weighted by molar-refractivity contribution is 6.31. The maximum atomic E-state index is 12.7. The Bertz CT molecular complexity index is 1020. The van der Waals surface area contributed by atoms with Gasteiger partial charge in [0.05, 0.1) is 0 Å². The van der Waals surface area contributed by atoms with Crippen LogP contribution in [0.4, 0.5) is 13.2 Å². The van der Waals surface area contributed by atoms with E-state index >= 15 is 0 Å².